The molecule has 2 rings (SSSR count). The first-order valence-corrected chi connectivity index (χ1v) is 7.00. The summed E-state index contributed by atoms with van der Waals surface area (Å²) < 4.78 is 6.69. The molecule has 0 saturated heterocycles. The van der Waals surface area contributed by atoms with Gasteiger partial charge < -0.3 is 16.2 Å². The van der Waals surface area contributed by atoms with Crippen LogP contribution in [0.25, 0.3) is 0 Å². The molecule has 1 atom stereocenters. The second-order valence-corrected chi connectivity index (χ2v) is 6.14. The SMILES string of the molecule is COc1c(C)c(C)c(Br)c(C)c1C(N)C1(N)CC1. The Kier molecular flexibility index (Phi) is 3.47. The summed E-state index contributed by atoms with van der Waals surface area (Å²) >= 11 is 3.65. The minimum Gasteiger partial charge on any atom is -0.496 e. The van der Waals surface area contributed by atoms with Crippen LogP contribution in [0, 0.1) is 20.8 Å². The molecule has 100 valence electrons. The zero-order chi connectivity index (χ0) is 13.7. The van der Waals surface area contributed by atoms with Crippen LogP contribution in [-0.4, -0.2) is 12.6 Å². The van der Waals surface area contributed by atoms with Crippen molar-refractivity contribution in [3.05, 3.63) is 26.7 Å². The van der Waals surface area contributed by atoms with Gasteiger partial charge in [0.1, 0.15) is 5.75 Å². The molecular formula is C14H21BrN2O. The van der Waals surface area contributed by atoms with Crippen LogP contribution in [-0.2, 0) is 0 Å². The number of rotatable bonds is 3. The molecule has 0 heterocycles. The van der Waals surface area contributed by atoms with E-state index < -0.39 is 0 Å². The maximum atomic E-state index is 6.37. The van der Waals surface area contributed by atoms with Crippen molar-refractivity contribution < 1.29 is 4.74 Å². The van der Waals surface area contributed by atoms with Crippen LogP contribution in [0.3, 0.4) is 0 Å². The Morgan fingerprint density at radius 1 is 1.17 bits per heavy atom. The molecule has 0 bridgehead atoms. The van der Waals surface area contributed by atoms with E-state index in [2.05, 4.69) is 36.7 Å². The molecule has 18 heavy (non-hydrogen) atoms. The molecule has 0 amide bonds. The first-order valence-electron chi connectivity index (χ1n) is 6.21. The van der Waals surface area contributed by atoms with Crippen molar-refractivity contribution >= 4 is 15.9 Å². The van der Waals surface area contributed by atoms with E-state index in [0.29, 0.717) is 0 Å². The lowest BCUT2D eigenvalue weighted by Crippen LogP contribution is -2.37. The van der Waals surface area contributed by atoms with Gasteiger partial charge in [-0.25, -0.2) is 0 Å². The van der Waals surface area contributed by atoms with Gasteiger partial charge >= 0.3 is 0 Å². The van der Waals surface area contributed by atoms with E-state index in [-0.39, 0.29) is 11.6 Å². The van der Waals surface area contributed by atoms with Crippen molar-refractivity contribution in [2.24, 2.45) is 11.5 Å². The first-order chi connectivity index (χ1) is 8.33. The molecule has 4 N–H and O–H groups in total. The Morgan fingerprint density at radius 2 is 1.72 bits per heavy atom. The van der Waals surface area contributed by atoms with E-state index in [1.54, 1.807) is 7.11 Å². The number of hydrogen-bond donors (Lipinski definition) is 2. The quantitative estimate of drug-likeness (QED) is 0.902. The summed E-state index contributed by atoms with van der Waals surface area (Å²) in [4.78, 5) is 0. The monoisotopic (exact) mass is 312 g/mol. The summed E-state index contributed by atoms with van der Waals surface area (Å²) in [7, 11) is 1.70. The van der Waals surface area contributed by atoms with Gasteiger partial charge in [0.25, 0.3) is 0 Å². The average molecular weight is 313 g/mol. The molecule has 1 aromatic carbocycles. The lowest BCUT2D eigenvalue weighted by atomic mass is 9.90. The average Bonchev–Trinajstić information content (AvgIpc) is 3.09. The summed E-state index contributed by atoms with van der Waals surface area (Å²) in [5.74, 6) is 0.887. The van der Waals surface area contributed by atoms with Gasteiger partial charge in [-0.2, -0.15) is 0 Å². The van der Waals surface area contributed by atoms with Crippen molar-refractivity contribution in [3.8, 4) is 5.75 Å². The standard InChI is InChI=1S/C14H21BrN2O/c1-7-8(2)12(18-4)10(9(3)11(7)15)13(16)14(17)5-6-14/h13H,5-6,16-17H2,1-4H3. The number of halogens is 1. The predicted molar refractivity (Wildman–Crippen MR) is 78.0 cm³/mol. The highest BCUT2D eigenvalue weighted by atomic mass is 79.9. The minimum absolute atomic E-state index is 0.164. The first kappa shape index (κ1) is 13.8. The molecule has 3 nitrogen and oxygen atoms in total. The molecule has 1 saturated carbocycles. The highest BCUT2D eigenvalue weighted by Crippen LogP contribution is 2.48. The molecule has 0 aromatic heterocycles. The summed E-state index contributed by atoms with van der Waals surface area (Å²) in [6, 6.07) is -0.164. The number of ether oxygens (including phenoxy) is 1. The van der Waals surface area contributed by atoms with Crippen molar-refractivity contribution in [2.75, 3.05) is 7.11 Å². The molecule has 0 radical (unpaired) electrons. The molecular weight excluding hydrogens is 292 g/mol. The van der Waals surface area contributed by atoms with Gasteiger partial charge in [0, 0.05) is 15.6 Å². The van der Waals surface area contributed by atoms with Gasteiger partial charge in [0.05, 0.1) is 13.2 Å². The maximum Gasteiger partial charge on any atom is 0.127 e. The fourth-order valence-electron chi connectivity index (χ4n) is 2.49. The smallest absolute Gasteiger partial charge is 0.127 e. The largest absolute Gasteiger partial charge is 0.496 e. The van der Waals surface area contributed by atoms with Crippen LogP contribution in [0.2, 0.25) is 0 Å². The topological polar surface area (TPSA) is 61.3 Å². The summed E-state index contributed by atoms with van der Waals surface area (Å²) in [6.45, 7) is 6.21. The lowest BCUT2D eigenvalue weighted by molar-refractivity contribution is 0.394. The van der Waals surface area contributed by atoms with Crippen LogP contribution in [0.1, 0.15) is 41.1 Å². The Morgan fingerprint density at radius 3 is 2.17 bits per heavy atom. The highest BCUT2D eigenvalue weighted by Gasteiger charge is 2.46. The number of benzene rings is 1. The molecule has 4 heteroatoms. The number of nitrogens with two attached hydrogens (primary N) is 2. The van der Waals surface area contributed by atoms with Crippen LogP contribution in [0.5, 0.6) is 5.75 Å². The van der Waals surface area contributed by atoms with Crippen molar-refractivity contribution in [2.45, 2.75) is 45.2 Å². The molecule has 1 aliphatic rings. The van der Waals surface area contributed by atoms with Crippen LogP contribution >= 0.6 is 15.9 Å². The van der Waals surface area contributed by atoms with Gasteiger partial charge in [-0.05, 0) is 50.3 Å². The van der Waals surface area contributed by atoms with E-state index >= 15 is 0 Å². The third-order valence-electron chi connectivity index (χ3n) is 4.17. The second-order valence-electron chi connectivity index (χ2n) is 5.35. The van der Waals surface area contributed by atoms with Gasteiger partial charge in [0.2, 0.25) is 0 Å². The fourth-order valence-corrected chi connectivity index (χ4v) is 3.00. The van der Waals surface area contributed by atoms with E-state index in [1.807, 2.05) is 0 Å². The van der Waals surface area contributed by atoms with E-state index in [9.17, 15) is 0 Å². The van der Waals surface area contributed by atoms with Gasteiger partial charge in [0.15, 0.2) is 0 Å². The van der Waals surface area contributed by atoms with Crippen LogP contribution in [0.4, 0.5) is 0 Å². The van der Waals surface area contributed by atoms with E-state index in [0.717, 1.165) is 39.8 Å². The molecule has 0 spiro atoms. The molecule has 1 unspecified atom stereocenters. The van der Waals surface area contributed by atoms with Crippen molar-refractivity contribution in [3.63, 3.8) is 0 Å². The van der Waals surface area contributed by atoms with Crippen molar-refractivity contribution in [1.82, 2.24) is 0 Å². The molecule has 1 aliphatic carbocycles. The lowest BCUT2D eigenvalue weighted by Gasteiger charge is -2.26. The summed E-state index contributed by atoms with van der Waals surface area (Å²) in [5, 5.41) is 0. The van der Waals surface area contributed by atoms with Crippen LogP contribution in [0.15, 0.2) is 4.47 Å². The Bertz CT molecular complexity index is 495. The predicted octanol–water partition coefficient (Wildman–Crippen LogP) is 2.87. The third-order valence-corrected chi connectivity index (χ3v) is 5.36. The Labute approximate surface area is 117 Å². The van der Waals surface area contributed by atoms with E-state index in [4.69, 9.17) is 16.2 Å². The van der Waals surface area contributed by atoms with Crippen molar-refractivity contribution in [1.29, 1.82) is 0 Å². The van der Waals surface area contributed by atoms with Gasteiger partial charge in [-0.3, -0.25) is 0 Å². The van der Waals surface area contributed by atoms with Gasteiger partial charge in [-0.1, -0.05) is 15.9 Å². The minimum atomic E-state index is -0.251. The zero-order valence-corrected chi connectivity index (χ0v) is 13.0. The second kappa shape index (κ2) is 4.51. The third kappa shape index (κ3) is 1.96. The van der Waals surface area contributed by atoms with E-state index in [1.165, 1.54) is 5.56 Å². The number of methoxy groups -OCH3 is 1. The highest BCUT2D eigenvalue weighted by molar-refractivity contribution is 9.10. The Balaban J connectivity index is 2.65. The molecule has 1 fully saturated rings. The summed E-state index contributed by atoms with van der Waals surface area (Å²) in [5.41, 5.74) is 16.9. The molecule has 1 aromatic rings. The Hall–Kier alpha value is -0.580. The maximum absolute atomic E-state index is 6.37. The molecule has 0 aliphatic heterocycles. The summed E-state index contributed by atoms with van der Waals surface area (Å²) in [6.07, 6.45) is 1.97. The fraction of sp³-hybridized carbons (Fsp3) is 0.571. The van der Waals surface area contributed by atoms with Crippen LogP contribution < -0.4 is 16.2 Å². The zero-order valence-electron chi connectivity index (χ0n) is 11.4. The number of hydrogen-bond acceptors (Lipinski definition) is 3. The van der Waals surface area contributed by atoms with Gasteiger partial charge in [-0.15, -0.1) is 0 Å². The normalized spacial score (nSPS) is 18.6.